The summed E-state index contributed by atoms with van der Waals surface area (Å²) in [5.41, 5.74) is 0. The second-order valence-corrected chi connectivity index (χ2v) is 2.20. The van der Waals surface area contributed by atoms with Crippen LogP contribution in [0.15, 0.2) is 0 Å². The van der Waals surface area contributed by atoms with Gasteiger partial charge in [0.1, 0.15) is 0 Å². The smallest absolute Gasteiger partial charge is 0.188 e. The zero-order chi connectivity index (χ0) is 6.99. The van der Waals surface area contributed by atoms with Crippen LogP contribution in [0.4, 0.5) is 0 Å². The molecule has 1 atom stereocenters. The monoisotopic (exact) mass is 226 g/mol. The Morgan fingerprint density at radius 3 is 1.89 bits per heavy atom. The molecule has 9 heavy (non-hydrogen) atoms. The van der Waals surface area contributed by atoms with Crippen molar-refractivity contribution in [2.24, 2.45) is 0 Å². The van der Waals surface area contributed by atoms with E-state index in [0.29, 0.717) is 6.61 Å². The van der Waals surface area contributed by atoms with Crippen LogP contribution in [-0.2, 0) is 41.8 Å². The van der Waals surface area contributed by atoms with Crippen molar-refractivity contribution in [3.63, 3.8) is 0 Å². The molecule has 0 amide bonds. The first-order valence-corrected chi connectivity index (χ1v) is 4.43. The number of hydrogen-bond donors (Lipinski definition) is 0. The molecule has 0 spiro atoms. The summed E-state index contributed by atoms with van der Waals surface area (Å²) in [4.78, 5) is 0. The molecule has 55 valence electrons. The van der Waals surface area contributed by atoms with E-state index in [1.54, 1.807) is 13.6 Å². The minimum absolute atomic E-state index is 0. The summed E-state index contributed by atoms with van der Waals surface area (Å²) >= 11 is 0. The Kier molecular flexibility index (Phi) is 30.0. The fraction of sp³-hybridized carbons (Fsp3) is 0.800. The third-order valence-corrected chi connectivity index (χ3v) is 1.04. The Hall–Kier alpha value is 1.29. The molecule has 1 unspecified atom stereocenters. The molecule has 0 aromatic heterocycles. The fourth-order valence-electron chi connectivity index (χ4n) is 0.203. The summed E-state index contributed by atoms with van der Waals surface area (Å²) in [6.45, 7) is 8.97. The van der Waals surface area contributed by atoms with Gasteiger partial charge in [0, 0.05) is 39.4 Å². The van der Waals surface area contributed by atoms with Crippen molar-refractivity contribution in [3.8, 4) is 0 Å². The van der Waals surface area contributed by atoms with Crippen molar-refractivity contribution in [2.45, 2.75) is 13.8 Å². The van der Waals surface area contributed by atoms with Crippen LogP contribution in [0.2, 0.25) is 0 Å². The molecule has 0 aliphatic heterocycles. The summed E-state index contributed by atoms with van der Waals surface area (Å²) < 4.78 is 14.6. The van der Waals surface area contributed by atoms with Gasteiger partial charge >= 0.3 is 0 Å². The van der Waals surface area contributed by atoms with E-state index in [1.165, 1.54) is 0 Å². The largest absolute Gasteiger partial charge is 0.346 e. The first-order valence-electron chi connectivity index (χ1n) is 2.61. The van der Waals surface area contributed by atoms with Gasteiger partial charge in [-0.1, -0.05) is 0 Å². The van der Waals surface area contributed by atoms with Crippen molar-refractivity contribution in [2.75, 3.05) is 13.3 Å². The molecular weight excluding hydrogens is 212 g/mol. The van der Waals surface area contributed by atoms with E-state index in [-0.39, 0.29) is 32.7 Å². The molecule has 0 aliphatic rings. The van der Waals surface area contributed by atoms with Crippen LogP contribution in [0.1, 0.15) is 13.8 Å². The first-order chi connectivity index (χ1) is 3.77. The van der Waals surface area contributed by atoms with E-state index in [0.717, 1.165) is 0 Å². The summed E-state index contributed by atoms with van der Waals surface area (Å²) in [6, 6.07) is 0. The van der Waals surface area contributed by atoms with Crippen molar-refractivity contribution in [1.29, 1.82) is 0 Å². The third kappa shape index (κ3) is 26.8. The van der Waals surface area contributed by atoms with E-state index in [2.05, 4.69) is 11.4 Å². The minimum atomic E-state index is -1.64. The average molecular weight is 226 g/mol. The summed E-state index contributed by atoms with van der Waals surface area (Å²) in [5.74, 6) is 0. The number of rotatable bonds is 2. The van der Waals surface area contributed by atoms with Crippen LogP contribution >= 0.6 is 8.03 Å². The first kappa shape index (κ1) is 16.7. The predicted molar refractivity (Wildman–Crippen MR) is 37.6 cm³/mol. The Bertz CT molecular complexity index is 58.9. The molecule has 2 nitrogen and oxygen atoms in total. The van der Waals surface area contributed by atoms with Gasteiger partial charge in [-0.2, -0.15) is 6.92 Å². The van der Waals surface area contributed by atoms with Gasteiger partial charge in [0.25, 0.3) is 0 Å². The molecule has 0 aromatic carbocycles. The van der Waals surface area contributed by atoms with E-state index >= 15 is 0 Å². The van der Waals surface area contributed by atoms with Crippen LogP contribution < -0.4 is 0 Å². The van der Waals surface area contributed by atoms with Crippen molar-refractivity contribution in [3.05, 3.63) is 6.92 Å². The van der Waals surface area contributed by atoms with E-state index in [4.69, 9.17) is 0 Å². The normalized spacial score (nSPS) is 10.2. The van der Waals surface area contributed by atoms with Crippen molar-refractivity contribution >= 4 is 8.03 Å². The van der Waals surface area contributed by atoms with Gasteiger partial charge < -0.3 is 11.4 Å². The molecule has 0 heterocycles. The van der Waals surface area contributed by atoms with Gasteiger partial charge in [-0.25, -0.2) is 0 Å². The topological polar surface area (TPSA) is 26.3 Å². The van der Waals surface area contributed by atoms with Gasteiger partial charge in [-0.05, 0) is 6.92 Å². The Balaban J connectivity index is -0.000000109. The van der Waals surface area contributed by atoms with Crippen LogP contribution in [0.3, 0.4) is 0 Å². The molecule has 0 saturated carbocycles. The molecule has 1 radical (unpaired) electrons. The second kappa shape index (κ2) is 16.1. The van der Waals surface area contributed by atoms with Crippen molar-refractivity contribution in [1.82, 2.24) is 0 Å². The zero-order valence-electron chi connectivity index (χ0n) is 6.31. The van der Waals surface area contributed by atoms with Gasteiger partial charge in [0.05, 0.1) is 6.61 Å². The molecule has 0 N–H and O–H groups in total. The predicted octanol–water partition coefficient (Wildman–Crippen LogP) is 1.97. The van der Waals surface area contributed by atoms with Gasteiger partial charge in [0.15, 0.2) is 8.03 Å². The Labute approximate surface area is 83.5 Å². The molecule has 0 aromatic rings. The van der Waals surface area contributed by atoms with E-state index in [9.17, 15) is 4.57 Å². The zero-order valence-corrected chi connectivity index (χ0v) is 10.1. The van der Waals surface area contributed by atoms with Crippen molar-refractivity contribution < 1.29 is 41.8 Å². The van der Waals surface area contributed by atoms with Crippen LogP contribution in [0.25, 0.3) is 0 Å². The average Bonchev–Trinajstić information content (AvgIpc) is 1.72. The minimum Gasteiger partial charge on any atom is -0.346 e. The van der Waals surface area contributed by atoms with Gasteiger partial charge in [-0.3, -0.25) is 4.57 Å². The van der Waals surface area contributed by atoms with Crippen LogP contribution in [0.5, 0.6) is 0 Å². The van der Waals surface area contributed by atoms with Gasteiger partial charge in [-0.15, -0.1) is 0 Å². The molecule has 0 fully saturated rings. The quantitative estimate of drug-likeness (QED) is 0.531. The Morgan fingerprint density at radius 1 is 1.56 bits per heavy atom. The summed E-state index contributed by atoms with van der Waals surface area (Å²) in [6.07, 6.45) is 0. The maximum Gasteiger partial charge on any atom is 0.188 e. The molecule has 0 aliphatic carbocycles. The van der Waals surface area contributed by atoms with Crippen LogP contribution in [-0.4, -0.2) is 13.3 Å². The maximum atomic E-state index is 10.0. The third-order valence-electron chi connectivity index (χ3n) is 0.348. The molecule has 0 rings (SSSR count). The fourth-order valence-corrected chi connectivity index (χ4v) is 0.610. The Morgan fingerprint density at radius 2 is 1.89 bits per heavy atom. The van der Waals surface area contributed by atoms with Crippen LogP contribution in [0, 0.1) is 6.92 Å². The van der Waals surface area contributed by atoms with E-state index in [1.807, 2.05) is 6.92 Å². The molecular formula is C5H14O2PY-. The second-order valence-electron chi connectivity index (χ2n) is 0.925. The number of hydrogen-bond acceptors (Lipinski definition) is 2. The standard InChI is InChI=1S/C3H9O2P.C2H5.Y/c1-3-5-6(2)4;1-2;/h6H,3H2,1-2H3;1H2,2H3;/q;-1;. The summed E-state index contributed by atoms with van der Waals surface area (Å²) in [7, 11) is -1.64. The van der Waals surface area contributed by atoms with Gasteiger partial charge in [0.2, 0.25) is 0 Å². The van der Waals surface area contributed by atoms with E-state index < -0.39 is 8.03 Å². The molecule has 0 saturated heterocycles. The SMILES string of the molecule is CCO[PH](C)=O.[CH2-]C.[Y]. The maximum absolute atomic E-state index is 10.0. The molecule has 4 heteroatoms. The summed E-state index contributed by atoms with van der Waals surface area (Å²) in [5, 5.41) is 0. The molecule has 0 bridgehead atoms.